The van der Waals surface area contributed by atoms with Crippen LogP contribution in [-0.2, 0) is 6.54 Å². The number of nitrogens with zero attached hydrogens (tertiary/aromatic N) is 3. The molecule has 1 saturated heterocycles. The number of benzene rings is 1. The Hall–Kier alpha value is -2.64. The largest absolute Gasteiger partial charge is 0.366 e. The van der Waals surface area contributed by atoms with Gasteiger partial charge < -0.3 is 15.1 Å². The first-order chi connectivity index (χ1) is 11.5. The summed E-state index contributed by atoms with van der Waals surface area (Å²) in [4.78, 5) is 15.6. The second-order valence-electron chi connectivity index (χ2n) is 5.75. The van der Waals surface area contributed by atoms with E-state index in [2.05, 4.69) is 15.5 Å². The smallest absolute Gasteiger partial charge is 0.317 e. The van der Waals surface area contributed by atoms with E-state index in [0.717, 1.165) is 23.4 Å². The molecule has 3 rings (SSSR count). The van der Waals surface area contributed by atoms with Crippen LogP contribution in [0.1, 0.15) is 11.3 Å². The zero-order valence-electron chi connectivity index (χ0n) is 13.4. The normalized spacial score (nSPS) is 14.8. The maximum atomic E-state index is 13.8. The molecule has 1 aromatic carbocycles. The number of aromatic amines is 1. The molecule has 1 aliphatic heterocycles. The van der Waals surface area contributed by atoms with Crippen molar-refractivity contribution in [3.05, 3.63) is 47.3 Å². The number of nitrogens with one attached hydrogen (secondary N) is 2. The number of carbonyl (C=O) groups excluding carboxylic acids is 1. The van der Waals surface area contributed by atoms with E-state index in [0.29, 0.717) is 32.7 Å². The van der Waals surface area contributed by atoms with Crippen LogP contribution in [0.2, 0.25) is 0 Å². The first-order valence-corrected chi connectivity index (χ1v) is 7.76. The first-order valence-electron chi connectivity index (χ1n) is 7.76. The van der Waals surface area contributed by atoms with Gasteiger partial charge in [0, 0.05) is 50.0 Å². The van der Waals surface area contributed by atoms with Gasteiger partial charge in [0.15, 0.2) is 0 Å². The van der Waals surface area contributed by atoms with E-state index in [9.17, 15) is 13.6 Å². The summed E-state index contributed by atoms with van der Waals surface area (Å²) in [6, 6.07) is 3.24. The summed E-state index contributed by atoms with van der Waals surface area (Å²) in [5.41, 5.74) is 2.09. The van der Waals surface area contributed by atoms with E-state index in [1.54, 1.807) is 16.0 Å². The lowest BCUT2D eigenvalue weighted by Gasteiger charge is -2.36. The molecule has 0 saturated carbocycles. The highest BCUT2D eigenvalue weighted by Crippen LogP contribution is 2.21. The van der Waals surface area contributed by atoms with Crippen molar-refractivity contribution in [2.45, 2.75) is 13.5 Å². The van der Waals surface area contributed by atoms with Crippen LogP contribution in [0.15, 0.2) is 24.4 Å². The first kappa shape index (κ1) is 16.2. The van der Waals surface area contributed by atoms with Crippen LogP contribution in [0.25, 0.3) is 0 Å². The van der Waals surface area contributed by atoms with Gasteiger partial charge in [0.05, 0.1) is 11.9 Å². The van der Waals surface area contributed by atoms with E-state index in [1.807, 2.05) is 6.92 Å². The summed E-state index contributed by atoms with van der Waals surface area (Å²) in [6.45, 7) is 4.11. The predicted molar refractivity (Wildman–Crippen MR) is 85.7 cm³/mol. The fraction of sp³-hybridized carbons (Fsp3) is 0.375. The summed E-state index contributed by atoms with van der Waals surface area (Å²) in [5, 5.41) is 9.57. The van der Waals surface area contributed by atoms with Crippen molar-refractivity contribution in [1.82, 2.24) is 20.4 Å². The number of rotatable bonds is 3. The minimum Gasteiger partial charge on any atom is -0.366 e. The maximum absolute atomic E-state index is 13.8. The van der Waals surface area contributed by atoms with E-state index < -0.39 is 11.6 Å². The highest BCUT2D eigenvalue weighted by atomic mass is 19.1. The molecule has 128 valence electrons. The molecule has 2 N–H and O–H groups in total. The number of halogens is 2. The molecular weight excluding hydrogens is 316 g/mol. The van der Waals surface area contributed by atoms with E-state index >= 15 is 0 Å². The monoisotopic (exact) mass is 335 g/mol. The molecule has 2 aromatic rings. The number of anilines is 1. The summed E-state index contributed by atoms with van der Waals surface area (Å²) in [5.74, 6) is -0.924. The summed E-state index contributed by atoms with van der Waals surface area (Å²) in [7, 11) is 0. The van der Waals surface area contributed by atoms with E-state index in [-0.39, 0.29) is 11.7 Å². The minimum absolute atomic E-state index is 0.171. The Morgan fingerprint density at radius 1 is 1.29 bits per heavy atom. The lowest BCUT2D eigenvalue weighted by Crippen LogP contribution is -2.51. The van der Waals surface area contributed by atoms with Crippen molar-refractivity contribution < 1.29 is 13.6 Å². The molecule has 0 spiro atoms. The summed E-state index contributed by atoms with van der Waals surface area (Å²) < 4.78 is 27.1. The van der Waals surface area contributed by atoms with Crippen LogP contribution < -0.4 is 10.2 Å². The molecule has 8 heteroatoms. The van der Waals surface area contributed by atoms with Crippen LogP contribution in [0.5, 0.6) is 0 Å². The van der Waals surface area contributed by atoms with Gasteiger partial charge in [0.25, 0.3) is 0 Å². The third kappa shape index (κ3) is 3.47. The number of amides is 2. The maximum Gasteiger partial charge on any atom is 0.317 e. The lowest BCUT2D eigenvalue weighted by molar-refractivity contribution is 0.194. The molecule has 2 amide bonds. The van der Waals surface area contributed by atoms with Crippen molar-refractivity contribution >= 4 is 11.7 Å². The second-order valence-corrected chi connectivity index (χ2v) is 5.75. The number of aromatic nitrogens is 2. The number of hydrogen-bond acceptors (Lipinski definition) is 3. The SMILES string of the molecule is Cc1[nH]ncc1CNC(=O)N1CCN(c2cc(F)ccc2F)CC1. The molecular formula is C16H19F2N5O. The Morgan fingerprint density at radius 3 is 2.71 bits per heavy atom. The zero-order valence-corrected chi connectivity index (χ0v) is 13.4. The van der Waals surface area contributed by atoms with Crippen molar-refractivity contribution in [2.24, 2.45) is 0 Å². The van der Waals surface area contributed by atoms with E-state index in [1.165, 1.54) is 6.07 Å². The molecule has 1 aliphatic rings. The molecule has 0 radical (unpaired) electrons. The van der Waals surface area contributed by atoms with Gasteiger partial charge in [0.2, 0.25) is 0 Å². The second kappa shape index (κ2) is 6.86. The Morgan fingerprint density at radius 2 is 2.04 bits per heavy atom. The molecule has 1 aromatic heterocycles. The van der Waals surface area contributed by atoms with Gasteiger partial charge in [-0.3, -0.25) is 5.10 Å². The van der Waals surface area contributed by atoms with Gasteiger partial charge in [-0.2, -0.15) is 5.10 Å². The van der Waals surface area contributed by atoms with Crippen molar-refractivity contribution in [3.63, 3.8) is 0 Å². The van der Waals surface area contributed by atoms with E-state index in [4.69, 9.17) is 0 Å². The van der Waals surface area contributed by atoms with Gasteiger partial charge in [-0.1, -0.05) is 0 Å². The molecule has 1 fully saturated rings. The Kier molecular flexibility index (Phi) is 4.64. The average Bonchev–Trinajstić information content (AvgIpc) is 3.00. The fourth-order valence-electron chi connectivity index (χ4n) is 2.72. The molecule has 0 atom stereocenters. The topological polar surface area (TPSA) is 64.3 Å². The van der Waals surface area contributed by atoms with Gasteiger partial charge >= 0.3 is 6.03 Å². The molecule has 24 heavy (non-hydrogen) atoms. The van der Waals surface area contributed by atoms with Crippen molar-refractivity contribution in [3.8, 4) is 0 Å². The van der Waals surface area contributed by atoms with Gasteiger partial charge in [-0.05, 0) is 19.1 Å². The van der Waals surface area contributed by atoms with Crippen LogP contribution in [-0.4, -0.2) is 47.3 Å². The lowest BCUT2D eigenvalue weighted by atomic mass is 10.2. The Labute approximate surface area is 138 Å². The quantitative estimate of drug-likeness (QED) is 0.902. The van der Waals surface area contributed by atoms with Gasteiger partial charge in [-0.25, -0.2) is 13.6 Å². The third-order valence-corrected chi connectivity index (χ3v) is 4.18. The zero-order chi connectivity index (χ0) is 17.1. The van der Waals surface area contributed by atoms with Crippen molar-refractivity contribution in [2.75, 3.05) is 31.1 Å². The number of urea groups is 1. The number of aryl methyl sites for hydroxylation is 1. The van der Waals surface area contributed by atoms with Gasteiger partial charge in [-0.15, -0.1) is 0 Å². The molecule has 6 nitrogen and oxygen atoms in total. The van der Waals surface area contributed by atoms with Gasteiger partial charge in [0.1, 0.15) is 11.6 Å². The molecule has 2 heterocycles. The van der Waals surface area contributed by atoms with Crippen LogP contribution in [0.4, 0.5) is 19.3 Å². The Balaban J connectivity index is 1.54. The predicted octanol–water partition coefficient (Wildman–Crippen LogP) is 2.03. The summed E-state index contributed by atoms with van der Waals surface area (Å²) >= 11 is 0. The number of piperazine rings is 1. The number of carbonyl (C=O) groups is 1. The highest BCUT2D eigenvalue weighted by Gasteiger charge is 2.23. The highest BCUT2D eigenvalue weighted by molar-refractivity contribution is 5.74. The summed E-state index contributed by atoms with van der Waals surface area (Å²) in [6.07, 6.45) is 1.68. The van der Waals surface area contributed by atoms with Crippen molar-refractivity contribution in [1.29, 1.82) is 0 Å². The minimum atomic E-state index is -0.470. The molecule has 0 aliphatic carbocycles. The Bertz CT molecular complexity index is 725. The molecule has 0 bridgehead atoms. The standard InChI is InChI=1S/C16H19F2N5O/c1-11-12(10-20-21-11)9-19-16(24)23-6-4-22(5-7-23)15-8-13(17)2-3-14(15)18/h2-3,8,10H,4-7,9H2,1H3,(H,19,24)(H,20,21). The third-order valence-electron chi connectivity index (χ3n) is 4.18. The average molecular weight is 335 g/mol. The van der Waals surface area contributed by atoms with Crippen LogP contribution >= 0.6 is 0 Å². The fourth-order valence-corrected chi connectivity index (χ4v) is 2.72. The number of hydrogen-bond donors (Lipinski definition) is 2. The van der Waals surface area contributed by atoms with Crippen LogP contribution in [0.3, 0.4) is 0 Å². The van der Waals surface area contributed by atoms with Crippen LogP contribution in [0, 0.1) is 18.6 Å². The number of H-pyrrole nitrogens is 1. The molecule has 0 unspecified atom stereocenters.